The lowest BCUT2D eigenvalue weighted by molar-refractivity contribution is -0.131. The van der Waals surface area contributed by atoms with Gasteiger partial charge in [-0.25, -0.2) is 8.42 Å². The summed E-state index contributed by atoms with van der Waals surface area (Å²) in [5, 5.41) is 0.289. The van der Waals surface area contributed by atoms with Gasteiger partial charge in [0.05, 0.1) is 15.6 Å². The Hall–Kier alpha value is -2.05. The molecule has 0 aromatic heterocycles. The molecular weight excluding hydrogens is 384 g/mol. The highest BCUT2D eigenvalue weighted by molar-refractivity contribution is 7.92. The predicted molar refractivity (Wildman–Crippen MR) is 107 cm³/mol. The second-order valence-corrected chi connectivity index (χ2v) is 9.13. The number of rotatable bonds is 5. The van der Waals surface area contributed by atoms with Crippen molar-refractivity contribution in [2.45, 2.75) is 24.7 Å². The first-order valence-corrected chi connectivity index (χ1v) is 10.8. The summed E-state index contributed by atoms with van der Waals surface area (Å²) in [6.07, 6.45) is 2.02. The summed E-state index contributed by atoms with van der Waals surface area (Å²) in [6.45, 7) is 3.14. The summed E-state index contributed by atoms with van der Waals surface area (Å²) in [4.78, 5) is 14.8. The number of carbonyl (C=O) groups excluding carboxylic acids is 1. The van der Waals surface area contributed by atoms with E-state index >= 15 is 0 Å². The molecule has 2 aromatic rings. The summed E-state index contributed by atoms with van der Waals surface area (Å²) in [6, 6.07) is 14.8. The average Bonchev–Trinajstić information content (AvgIpc) is 2.67. The van der Waals surface area contributed by atoms with Crippen LogP contribution in [0.1, 0.15) is 19.8 Å². The number of amides is 1. The smallest absolute Gasteiger partial charge is 0.264 e. The molecule has 3 rings (SSSR count). The number of hydrogen-bond donors (Lipinski definition) is 0. The molecule has 1 unspecified atom stereocenters. The molecule has 0 radical (unpaired) electrons. The van der Waals surface area contributed by atoms with Crippen LogP contribution in [-0.4, -0.2) is 38.9 Å². The number of hydrogen-bond acceptors (Lipinski definition) is 3. The number of piperidine rings is 1. The van der Waals surface area contributed by atoms with E-state index in [1.807, 2.05) is 0 Å². The molecule has 1 aliphatic heterocycles. The average molecular weight is 407 g/mol. The van der Waals surface area contributed by atoms with Crippen molar-refractivity contribution in [3.8, 4) is 0 Å². The van der Waals surface area contributed by atoms with Crippen LogP contribution in [0.25, 0.3) is 0 Å². The van der Waals surface area contributed by atoms with Gasteiger partial charge in [-0.05, 0) is 43.0 Å². The van der Waals surface area contributed by atoms with Crippen LogP contribution in [-0.2, 0) is 14.8 Å². The van der Waals surface area contributed by atoms with E-state index in [0.717, 1.165) is 17.1 Å². The predicted octanol–water partition coefficient (Wildman–Crippen LogP) is 3.79. The van der Waals surface area contributed by atoms with Crippen LogP contribution in [0.4, 0.5) is 5.69 Å². The molecule has 2 aromatic carbocycles. The standard InChI is InChI=1S/C20H23ClN2O3S/c1-16-8-7-13-22(14-16)20(24)15-23(19-12-6-5-11-18(19)21)27(25,26)17-9-3-2-4-10-17/h2-6,9-12,16H,7-8,13-15H2,1H3. The number of para-hydroxylation sites is 1. The normalized spacial score (nSPS) is 17.6. The summed E-state index contributed by atoms with van der Waals surface area (Å²) in [5.41, 5.74) is 0.307. The van der Waals surface area contributed by atoms with Crippen molar-refractivity contribution in [2.24, 2.45) is 5.92 Å². The number of anilines is 1. The molecule has 0 saturated carbocycles. The first-order chi connectivity index (χ1) is 12.9. The van der Waals surface area contributed by atoms with Crippen molar-refractivity contribution >= 4 is 33.2 Å². The molecule has 1 amide bonds. The van der Waals surface area contributed by atoms with Gasteiger partial charge in [0.2, 0.25) is 5.91 Å². The Labute approximate surface area is 165 Å². The molecule has 1 fully saturated rings. The fourth-order valence-electron chi connectivity index (χ4n) is 3.31. The number of halogens is 1. The van der Waals surface area contributed by atoms with Gasteiger partial charge in [-0.15, -0.1) is 0 Å². The molecule has 1 atom stereocenters. The van der Waals surface area contributed by atoms with Crippen molar-refractivity contribution in [1.82, 2.24) is 4.90 Å². The monoisotopic (exact) mass is 406 g/mol. The highest BCUT2D eigenvalue weighted by atomic mass is 35.5. The van der Waals surface area contributed by atoms with Crippen LogP contribution in [0, 0.1) is 5.92 Å². The minimum Gasteiger partial charge on any atom is -0.341 e. The maximum Gasteiger partial charge on any atom is 0.264 e. The highest BCUT2D eigenvalue weighted by Gasteiger charge is 2.31. The van der Waals surface area contributed by atoms with Gasteiger partial charge in [-0.1, -0.05) is 48.9 Å². The second-order valence-electron chi connectivity index (χ2n) is 6.86. The first-order valence-electron chi connectivity index (χ1n) is 8.99. The molecule has 1 saturated heterocycles. The minimum absolute atomic E-state index is 0.129. The molecule has 144 valence electrons. The van der Waals surface area contributed by atoms with E-state index in [-0.39, 0.29) is 22.4 Å². The van der Waals surface area contributed by atoms with Crippen LogP contribution in [0.3, 0.4) is 0 Å². The van der Waals surface area contributed by atoms with Crippen molar-refractivity contribution in [3.05, 3.63) is 59.6 Å². The van der Waals surface area contributed by atoms with Gasteiger partial charge in [-0.3, -0.25) is 9.10 Å². The molecule has 5 nitrogen and oxygen atoms in total. The number of likely N-dealkylation sites (tertiary alicyclic amines) is 1. The van der Waals surface area contributed by atoms with Crippen molar-refractivity contribution in [2.75, 3.05) is 23.9 Å². The van der Waals surface area contributed by atoms with Crippen LogP contribution in [0.2, 0.25) is 5.02 Å². The van der Waals surface area contributed by atoms with Gasteiger partial charge in [0.15, 0.2) is 0 Å². The van der Waals surface area contributed by atoms with Crippen molar-refractivity contribution in [1.29, 1.82) is 0 Å². The van der Waals surface area contributed by atoms with Gasteiger partial charge < -0.3 is 4.90 Å². The number of benzene rings is 2. The van der Waals surface area contributed by atoms with Gasteiger partial charge >= 0.3 is 0 Å². The zero-order valence-electron chi connectivity index (χ0n) is 15.2. The van der Waals surface area contributed by atoms with E-state index in [1.165, 1.54) is 12.1 Å². The third kappa shape index (κ3) is 4.45. The molecule has 0 bridgehead atoms. The lowest BCUT2D eigenvalue weighted by atomic mass is 10.0. The minimum atomic E-state index is -3.92. The SMILES string of the molecule is CC1CCCN(C(=O)CN(c2ccccc2Cl)S(=O)(=O)c2ccccc2)C1. The van der Waals surface area contributed by atoms with Crippen LogP contribution in [0.15, 0.2) is 59.5 Å². The zero-order chi connectivity index (χ0) is 19.4. The maximum absolute atomic E-state index is 13.3. The van der Waals surface area contributed by atoms with Crippen LogP contribution in [0.5, 0.6) is 0 Å². The van der Waals surface area contributed by atoms with Crippen molar-refractivity contribution < 1.29 is 13.2 Å². The topological polar surface area (TPSA) is 57.7 Å². The Balaban J connectivity index is 1.96. The van der Waals surface area contributed by atoms with E-state index in [0.29, 0.717) is 24.7 Å². The summed E-state index contributed by atoms with van der Waals surface area (Å²) in [5.74, 6) is 0.211. The highest BCUT2D eigenvalue weighted by Crippen LogP contribution is 2.30. The second kappa shape index (κ2) is 8.31. The first kappa shape index (κ1) is 19.7. The van der Waals surface area contributed by atoms with Gasteiger partial charge in [-0.2, -0.15) is 0 Å². The van der Waals surface area contributed by atoms with Gasteiger partial charge in [0.25, 0.3) is 10.0 Å². The van der Waals surface area contributed by atoms with E-state index in [2.05, 4.69) is 6.92 Å². The zero-order valence-corrected chi connectivity index (χ0v) is 16.8. The Morgan fingerprint density at radius 3 is 2.48 bits per heavy atom. The Bertz CT molecular complexity index is 902. The molecule has 27 heavy (non-hydrogen) atoms. The van der Waals surface area contributed by atoms with E-state index in [9.17, 15) is 13.2 Å². The fraction of sp³-hybridized carbons (Fsp3) is 0.350. The Morgan fingerprint density at radius 1 is 1.15 bits per heavy atom. The van der Waals surface area contributed by atoms with Gasteiger partial charge in [0.1, 0.15) is 6.54 Å². The molecule has 0 N–H and O–H groups in total. The summed E-state index contributed by atoms with van der Waals surface area (Å²) < 4.78 is 27.6. The molecule has 1 heterocycles. The Kier molecular flexibility index (Phi) is 6.07. The maximum atomic E-state index is 13.3. The van der Waals surface area contributed by atoms with Gasteiger partial charge in [0, 0.05) is 13.1 Å². The number of carbonyl (C=O) groups is 1. The Morgan fingerprint density at radius 2 is 1.81 bits per heavy atom. The fourth-order valence-corrected chi connectivity index (χ4v) is 5.05. The molecular formula is C20H23ClN2O3S. The molecule has 0 aliphatic carbocycles. The van der Waals surface area contributed by atoms with Crippen LogP contribution < -0.4 is 4.31 Å². The third-order valence-electron chi connectivity index (χ3n) is 4.74. The van der Waals surface area contributed by atoms with E-state index in [1.54, 1.807) is 47.4 Å². The van der Waals surface area contributed by atoms with E-state index in [4.69, 9.17) is 11.6 Å². The third-order valence-corrected chi connectivity index (χ3v) is 6.83. The lowest BCUT2D eigenvalue weighted by Gasteiger charge is -2.33. The number of sulfonamides is 1. The molecule has 7 heteroatoms. The van der Waals surface area contributed by atoms with Crippen molar-refractivity contribution in [3.63, 3.8) is 0 Å². The largest absolute Gasteiger partial charge is 0.341 e. The van der Waals surface area contributed by atoms with Crippen LogP contribution >= 0.6 is 11.6 Å². The lowest BCUT2D eigenvalue weighted by Crippen LogP contribution is -2.46. The summed E-state index contributed by atoms with van der Waals surface area (Å²) >= 11 is 6.27. The quantitative estimate of drug-likeness (QED) is 0.758. The summed E-state index contributed by atoms with van der Waals surface area (Å²) in [7, 11) is -3.92. The molecule has 1 aliphatic rings. The van der Waals surface area contributed by atoms with E-state index < -0.39 is 10.0 Å². The number of nitrogens with zero attached hydrogens (tertiary/aromatic N) is 2. The molecule has 0 spiro atoms.